The quantitative estimate of drug-likeness (QED) is 0.875. The molecule has 4 heteroatoms. The lowest BCUT2D eigenvalue weighted by atomic mass is 10.0. The predicted octanol–water partition coefficient (Wildman–Crippen LogP) is 3.84. The van der Waals surface area contributed by atoms with Gasteiger partial charge in [0, 0.05) is 4.47 Å². The molecule has 17 heavy (non-hydrogen) atoms. The third kappa shape index (κ3) is 3.25. The molecule has 0 aliphatic carbocycles. The van der Waals surface area contributed by atoms with Crippen molar-refractivity contribution in [1.29, 1.82) is 0 Å². The molecule has 0 amide bonds. The lowest BCUT2D eigenvalue weighted by Crippen LogP contribution is -1.92. The van der Waals surface area contributed by atoms with Gasteiger partial charge in [0.2, 0.25) is 0 Å². The summed E-state index contributed by atoms with van der Waals surface area (Å²) in [5, 5.41) is 0. The second kappa shape index (κ2) is 5.58. The normalized spacial score (nSPS) is 12.4. The van der Waals surface area contributed by atoms with Gasteiger partial charge in [-0.25, -0.2) is 4.21 Å². The topological polar surface area (TPSA) is 37.3 Å². The molecule has 2 aromatic rings. The van der Waals surface area contributed by atoms with E-state index < -0.39 is 11.1 Å². The van der Waals surface area contributed by atoms with E-state index in [-0.39, 0.29) is 5.75 Å². The van der Waals surface area contributed by atoms with Gasteiger partial charge in [-0.3, -0.25) is 0 Å². The molecule has 1 N–H and O–H groups in total. The lowest BCUT2D eigenvalue weighted by Gasteiger charge is -2.05. The molecule has 88 valence electrons. The fraction of sp³-hybridized carbons (Fsp3) is 0.0769. The average Bonchev–Trinajstić information content (AvgIpc) is 2.30. The second-order valence-electron chi connectivity index (χ2n) is 3.64. The molecule has 0 bridgehead atoms. The fourth-order valence-corrected chi connectivity index (χ4v) is 2.61. The molecule has 0 saturated carbocycles. The number of hydrogen-bond donors (Lipinski definition) is 1. The van der Waals surface area contributed by atoms with Crippen LogP contribution in [0.1, 0.15) is 5.56 Å². The molecule has 1 unspecified atom stereocenters. The highest BCUT2D eigenvalue weighted by molar-refractivity contribution is 9.10. The molecule has 2 nitrogen and oxygen atoms in total. The van der Waals surface area contributed by atoms with Gasteiger partial charge in [-0.05, 0) is 22.8 Å². The Bertz CT molecular complexity index is 537. The number of rotatable bonds is 3. The summed E-state index contributed by atoms with van der Waals surface area (Å²) in [6.45, 7) is 0. The van der Waals surface area contributed by atoms with E-state index >= 15 is 0 Å². The van der Waals surface area contributed by atoms with Gasteiger partial charge in [-0.15, -0.1) is 0 Å². The monoisotopic (exact) mass is 310 g/mol. The number of hydrogen-bond acceptors (Lipinski definition) is 1. The fourth-order valence-electron chi connectivity index (χ4n) is 1.62. The summed E-state index contributed by atoms with van der Waals surface area (Å²) in [4.78, 5) is 0. The van der Waals surface area contributed by atoms with Crippen LogP contribution in [0, 0.1) is 0 Å². The van der Waals surface area contributed by atoms with Gasteiger partial charge in [-0.1, -0.05) is 58.4 Å². The Morgan fingerprint density at radius 3 is 2.29 bits per heavy atom. The minimum absolute atomic E-state index is 0.177. The highest BCUT2D eigenvalue weighted by Gasteiger charge is 2.03. The van der Waals surface area contributed by atoms with Crippen LogP contribution in [-0.2, 0) is 16.8 Å². The van der Waals surface area contributed by atoms with Gasteiger partial charge < -0.3 is 4.55 Å². The van der Waals surface area contributed by atoms with Crippen LogP contribution in [0.15, 0.2) is 53.0 Å². The van der Waals surface area contributed by atoms with Gasteiger partial charge in [0.25, 0.3) is 0 Å². The molecule has 0 heterocycles. The van der Waals surface area contributed by atoms with Crippen molar-refractivity contribution in [3.63, 3.8) is 0 Å². The third-order valence-corrected chi connectivity index (χ3v) is 3.70. The van der Waals surface area contributed by atoms with Gasteiger partial charge in [0.15, 0.2) is 11.1 Å². The van der Waals surface area contributed by atoms with Crippen molar-refractivity contribution in [2.75, 3.05) is 0 Å². The minimum atomic E-state index is -1.78. The van der Waals surface area contributed by atoms with E-state index in [0.29, 0.717) is 0 Å². The van der Waals surface area contributed by atoms with Crippen LogP contribution in [0.2, 0.25) is 0 Å². The summed E-state index contributed by atoms with van der Waals surface area (Å²) in [6.07, 6.45) is 0. The summed E-state index contributed by atoms with van der Waals surface area (Å²) in [5.74, 6) is 0.177. The van der Waals surface area contributed by atoms with Crippen LogP contribution in [0.4, 0.5) is 0 Å². The molecule has 0 aliphatic rings. The molecular formula is C13H11BrO2S. The Labute approximate surface area is 111 Å². The van der Waals surface area contributed by atoms with Crippen LogP contribution in [0.25, 0.3) is 11.1 Å². The standard InChI is InChI=1S/C13H11BrO2S/c14-13-4-2-1-3-12(13)11-7-5-10(6-8-11)9-17(15)16/h1-8H,9H2,(H,15,16). The molecule has 0 radical (unpaired) electrons. The SMILES string of the molecule is O=S(O)Cc1ccc(-c2ccccc2Br)cc1. The molecule has 0 spiro atoms. The van der Waals surface area contributed by atoms with E-state index in [4.69, 9.17) is 4.55 Å². The van der Waals surface area contributed by atoms with Crippen LogP contribution in [0.3, 0.4) is 0 Å². The third-order valence-electron chi connectivity index (χ3n) is 2.43. The molecule has 0 saturated heterocycles. The second-order valence-corrected chi connectivity index (χ2v) is 5.43. The molecule has 1 atom stereocenters. The number of benzene rings is 2. The highest BCUT2D eigenvalue weighted by atomic mass is 79.9. The van der Waals surface area contributed by atoms with E-state index in [2.05, 4.69) is 15.9 Å². The van der Waals surface area contributed by atoms with Crippen molar-refractivity contribution in [1.82, 2.24) is 0 Å². The molecule has 0 aromatic heterocycles. The molecule has 0 fully saturated rings. The Morgan fingerprint density at radius 1 is 1.06 bits per heavy atom. The van der Waals surface area contributed by atoms with E-state index in [1.165, 1.54) is 0 Å². The maximum absolute atomic E-state index is 10.7. The first-order valence-corrected chi connectivity index (χ1v) is 7.15. The van der Waals surface area contributed by atoms with Crippen LogP contribution in [0.5, 0.6) is 0 Å². The van der Waals surface area contributed by atoms with Crippen molar-refractivity contribution in [3.8, 4) is 11.1 Å². The molecule has 0 aliphatic heterocycles. The summed E-state index contributed by atoms with van der Waals surface area (Å²) < 4.78 is 20.5. The van der Waals surface area contributed by atoms with Crippen LogP contribution < -0.4 is 0 Å². The van der Waals surface area contributed by atoms with Gasteiger partial charge in [0.05, 0.1) is 5.75 Å². The highest BCUT2D eigenvalue weighted by Crippen LogP contribution is 2.27. The average molecular weight is 311 g/mol. The first-order chi connectivity index (χ1) is 8.16. The minimum Gasteiger partial charge on any atom is -0.306 e. The Kier molecular flexibility index (Phi) is 4.10. The van der Waals surface area contributed by atoms with Gasteiger partial charge >= 0.3 is 0 Å². The predicted molar refractivity (Wildman–Crippen MR) is 74.1 cm³/mol. The summed E-state index contributed by atoms with van der Waals surface area (Å²) in [7, 11) is 0. The summed E-state index contributed by atoms with van der Waals surface area (Å²) >= 11 is 1.72. The van der Waals surface area contributed by atoms with E-state index in [1.807, 2.05) is 48.5 Å². The van der Waals surface area contributed by atoms with Gasteiger partial charge in [-0.2, -0.15) is 0 Å². The Balaban J connectivity index is 2.30. The maximum Gasteiger partial charge on any atom is 0.157 e. The van der Waals surface area contributed by atoms with Crippen molar-refractivity contribution in [2.24, 2.45) is 0 Å². The van der Waals surface area contributed by atoms with Crippen molar-refractivity contribution < 1.29 is 8.76 Å². The largest absolute Gasteiger partial charge is 0.306 e. The lowest BCUT2D eigenvalue weighted by molar-refractivity contribution is 0.563. The molecular weight excluding hydrogens is 300 g/mol. The Hall–Kier alpha value is -0.970. The van der Waals surface area contributed by atoms with Crippen molar-refractivity contribution in [2.45, 2.75) is 5.75 Å². The maximum atomic E-state index is 10.7. The molecule has 2 aromatic carbocycles. The summed E-state index contributed by atoms with van der Waals surface area (Å²) in [6, 6.07) is 15.7. The zero-order valence-electron chi connectivity index (χ0n) is 8.97. The van der Waals surface area contributed by atoms with E-state index in [1.54, 1.807) is 0 Å². The smallest absolute Gasteiger partial charge is 0.157 e. The van der Waals surface area contributed by atoms with Gasteiger partial charge in [0.1, 0.15) is 0 Å². The zero-order valence-corrected chi connectivity index (χ0v) is 11.4. The summed E-state index contributed by atoms with van der Waals surface area (Å²) in [5.41, 5.74) is 3.07. The first-order valence-electron chi connectivity index (χ1n) is 5.08. The van der Waals surface area contributed by atoms with Crippen LogP contribution >= 0.6 is 15.9 Å². The van der Waals surface area contributed by atoms with Crippen LogP contribution in [-0.4, -0.2) is 8.76 Å². The Morgan fingerprint density at radius 2 is 1.71 bits per heavy atom. The zero-order chi connectivity index (χ0) is 12.3. The van der Waals surface area contributed by atoms with Crippen molar-refractivity contribution in [3.05, 3.63) is 58.6 Å². The number of halogens is 1. The molecule has 2 rings (SSSR count). The van der Waals surface area contributed by atoms with E-state index in [9.17, 15) is 4.21 Å². The first kappa shape index (κ1) is 12.5. The van der Waals surface area contributed by atoms with E-state index in [0.717, 1.165) is 21.2 Å². The van der Waals surface area contributed by atoms with Crippen molar-refractivity contribution >= 4 is 27.0 Å².